The van der Waals surface area contributed by atoms with Crippen molar-refractivity contribution >= 4 is 28.1 Å². The zero-order valence-electron chi connectivity index (χ0n) is 15.1. The smallest absolute Gasteiger partial charge is 0.269 e. The Bertz CT molecular complexity index is 1310. The molecule has 0 radical (unpaired) electrons. The fourth-order valence-corrected chi connectivity index (χ4v) is 4.35. The second kappa shape index (κ2) is 6.42. The third kappa shape index (κ3) is 2.59. The van der Waals surface area contributed by atoms with Crippen LogP contribution >= 0.6 is 11.3 Å². The molecule has 0 spiro atoms. The number of carbonyl (C=O) groups excluding carboxylic acids is 2. The highest BCUT2D eigenvalue weighted by atomic mass is 32.1. The van der Waals surface area contributed by atoms with Crippen LogP contribution in [-0.2, 0) is 0 Å². The molecule has 1 unspecified atom stereocenters. The Hall–Kier alpha value is -3.72. The van der Waals surface area contributed by atoms with E-state index in [1.807, 2.05) is 30.3 Å². The number of hydrogen-bond donors (Lipinski definition) is 0. The first-order valence-electron chi connectivity index (χ1n) is 8.81. The van der Waals surface area contributed by atoms with Crippen molar-refractivity contribution in [2.75, 3.05) is 0 Å². The minimum Gasteiger partial charge on any atom is -0.269 e. The first-order chi connectivity index (χ1) is 14.1. The van der Waals surface area contributed by atoms with Crippen molar-refractivity contribution in [2.24, 2.45) is 0 Å². The normalized spacial score (nSPS) is 14.4. The molecule has 0 aliphatic carbocycles. The molecule has 2 aromatic carbocycles. The van der Waals surface area contributed by atoms with Crippen LogP contribution in [0.2, 0.25) is 0 Å². The highest BCUT2D eigenvalue weighted by molar-refractivity contribution is 7.16. The highest BCUT2D eigenvalue weighted by Gasteiger charge is 2.42. The highest BCUT2D eigenvalue weighted by Crippen LogP contribution is 2.37. The molecule has 3 heterocycles. The zero-order valence-corrected chi connectivity index (χ0v) is 16.0. The molecule has 2 aromatic heterocycles. The SMILES string of the molecule is Cc1nnc2sc(C(c3ccccc3)N3C(=O)c4ccccc4C3=O)nn2c1=O. The van der Waals surface area contributed by atoms with Gasteiger partial charge in [-0.25, -0.2) is 0 Å². The van der Waals surface area contributed by atoms with Gasteiger partial charge in [0.25, 0.3) is 17.4 Å². The maximum atomic E-state index is 13.1. The van der Waals surface area contributed by atoms with Crippen LogP contribution in [0.1, 0.15) is 43.0 Å². The maximum Gasteiger partial charge on any atom is 0.296 e. The Morgan fingerprint density at radius 2 is 1.48 bits per heavy atom. The summed E-state index contributed by atoms with van der Waals surface area (Å²) >= 11 is 1.12. The van der Waals surface area contributed by atoms with Crippen LogP contribution in [0, 0.1) is 6.92 Å². The quantitative estimate of drug-likeness (QED) is 0.487. The number of amides is 2. The van der Waals surface area contributed by atoms with E-state index in [1.165, 1.54) is 4.90 Å². The van der Waals surface area contributed by atoms with E-state index in [-0.39, 0.29) is 11.3 Å². The first kappa shape index (κ1) is 17.4. The van der Waals surface area contributed by atoms with Crippen molar-refractivity contribution in [3.05, 3.63) is 92.3 Å². The lowest BCUT2D eigenvalue weighted by molar-refractivity contribution is 0.0608. The van der Waals surface area contributed by atoms with Crippen LogP contribution in [-0.4, -0.2) is 36.5 Å². The monoisotopic (exact) mass is 403 g/mol. The zero-order chi connectivity index (χ0) is 20.1. The third-order valence-electron chi connectivity index (χ3n) is 4.80. The minimum atomic E-state index is -0.782. The summed E-state index contributed by atoms with van der Waals surface area (Å²) in [5.41, 5.74) is 1.25. The van der Waals surface area contributed by atoms with Gasteiger partial charge in [0.1, 0.15) is 16.7 Å². The predicted octanol–water partition coefficient (Wildman–Crippen LogP) is 2.24. The summed E-state index contributed by atoms with van der Waals surface area (Å²) in [4.78, 5) is 40.1. The molecular weight excluding hydrogens is 390 g/mol. The number of aryl methyl sites for hydroxylation is 1. The van der Waals surface area contributed by atoms with E-state index in [4.69, 9.17) is 0 Å². The Kier molecular flexibility index (Phi) is 3.85. The molecule has 0 N–H and O–H groups in total. The molecule has 5 rings (SSSR count). The molecule has 0 saturated heterocycles. The van der Waals surface area contributed by atoms with Gasteiger partial charge in [0.2, 0.25) is 4.96 Å². The Morgan fingerprint density at radius 1 is 0.862 bits per heavy atom. The largest absolute Gasteiger partial charge is 0.296 e. The van der Waals surface area contributed by atoms with E-state index < -0.39 is 17.9 Å². The summed E-state index contributed by atoms with van der Waals surface area (Å²) in [7, 11) is 0. The molecular formula is C20H13N5O3S. The first-order valence-corrected chi connectivity index (χ1v) is 9.63. The summed E-state index contributed by atoms with van der Waals surface area (Å²) in [5.74, 6) is -0.790. The van der Waals surface area contributed by atoms with Crippen molar-refractivity contribution in [1.29, 1.82) is 0 Å². The number of aromatic nitrogens is 4. The van der Waals surface area contributed by atoms with Gasteiger partial charge in [0, 0.05) is 0 Å². The van der Waals surface area contributed by atoms with Crippen LogP contribution in [0.4, 0.5) is 0 Å². The Morgan fingerprint density at radius 3 is 2.14 bits per heavy atom. The Labute approximate surface area is 168 Å². The van der Waals surface area contributed by atoms with Crippen molar-refractivity contribution in [2.45, 2.75) is 13.0 Å². The molecule has 0 saturated carbocycles. The van der Waals surface area contributed by atoms with Crippen molar-refractivity contribution in [1.82, 2.24) is 24.7 Å². The van der Waals surface area contributed by atoms with Gasteiger partial charge in [-0.3, -0.25) is 19.3 Å². The summed E-state index contributed by atoms with van der Waals surface area (Å²) in [6.45, 7) is 1.56. The molecule has 8 nitrogen and oxygen atoms in total. The van der Waals surface area contributed by atoms with Gasteiger partial charge in [0.15, 0.2) is 0 Å². The lowest BCUT2D eigenvalue weighted by Crippen LogP contribution is -2.35. The van der Waals surface area contributed by atoms with Gasteiger partial charge < -0.3 is 0 Å². The lowest BCUT2D eigenvalue weighted by atomic mass is 10.1. The predicted molar refractivity (Wildman–Crippen MR) is 105 cm³/mol. The van der Waals surface area contributed by atoms with Crippen LogP contribution in [0.3, 0.4) is 0 Å². The van der Waals surface area contributed by atoms with Crippen LogP contribution in [0.15, 0.2) is 59.4 Å². The number of benzene rings is 2. The number of rotatable bonds is 3. The van der Waals surface area contributed by atoms with E-state index in [0.29, 0.717) is 26.7 Å². The molecule has 1 aliphatic heterocycles. The van der Waals surface area contributed by atoms with E-state index in [1.54, 1.807) is 31.2 Å². The number of fused-ring (bicyclic) bond motifs is 2. The maximum absolute atomic E-state index is 13.1. The molecule has 1 atom stereocenters. The van der Waals surface area contributed by atoms with Crippen molar-refractivity contribution in [3.8, 4) is 0 Å². The topological polar surface area (TPSA) is 97.5 Å². The van der Waals surface area contributed by atoms with Crippen LogP contribution in [0.25, 0.3) is 4.96 Å². The van der Waals surface area contributed by atoms with Gasteiger partial charge in [-0.1, -0.05) is 53.8 Å². The number of hydrogen-bond acceptors (Lipinski definition) is 7. The van der Waals surface area contributed by atoms with E-state index in [2.05, 4.69) is 15.3 Å². The summed E-state index contributed by atoms with van der Waals surface area (Å²) in [6.07, 6.45) is 0. The fourth-order valence-electron chi connectivity index (χ4n) is 3.40. The van der Waals surface area contributed by atoms with E-state index in [9.17, 15) is 14.4 Å². The van der Waals surface area contributed by atoms with Gasteiger partial charge in [0.05, 0.1) is 11.1 Å². The standard InChI is InChI=1S/C20H13N5O3S/c1-11-17(26)25-20(22-21-11)29-16(23-25)15(12-7-3-2-4-8-12)24-18(27)13-9-5-6-10-14(13)19(24)28/h2-10,15H,1H3. The molecule has 1 aliphatic rings. The van der Waals surface area contributed by atoms with Gasteiger partial charge >= 0.3 is 0 Å². The summed E-state index contributed by atoms with van der Waals surface area (Å²) < 4.78 is 1.16. The molecule has 0 bridgehead atoms. The van der Waals surface area contributed by atoms with Crippen molar-refractivity contribution in [3.63, 3.8) is 0 Å². The second-order valence-electron chi connectivity index (χ2n) is 6.56. The number of carbonyl (C=O) groups is 2. The molecule has 4 aromatic rings. The third-order valence-corrected chi connectivity index (χ3v) is 5.75. The average molecular weight is 403 g/mol. The fraction of sp³-hybridized carbons (Fsp3) is 0.100. The molecule has 0 fully saturated rings. The van der Waals surface area contributed by atoms with Gasteiger partial charge in [-0.15, -0.1) is 10.2 Å². The molecule has 142 valence electrons. The van der Waals surface area contributed by atoms with Gasteiger partial charge in [-0.05, 0) is 24.6 Å². The lowest BCUT2D eigenvalue weighted by Gasteiger charge is -2.24. The minimum absolute atomic E-state index is 0.219. The number of imide groups is 1. The van der Waals surface area contributed by atoms with Crippen LogP contribution < -0.4 is 5.56 Å². The molecule has 29 heavy (non-hydrogen) atoms. The van der Waals surface area contributed by atoms with E-state index in [0.717, 1.165) is 15.9 Å². The molecule has 2 amide bonds. The summed E-state index contributed by atoms with van der Waals surface area (Å²) in [6, 6.07) is 15.1. The second-order valence-corrected chi connectivity index (χ2v) is 7.55. The van der Waals surface area contributed by atoms with Crippen LogP contribution in [0.5, 0.6) is 0 Å². The summed E-state index contributed by atoms with van der Waals surface area (Å²) in [5, 5.41) is 12.7. The Balaban J connectivity index is 1.73. The number of nitrogens with zero attached hydrogens (tertiary/aromatic N) is 5. The van der Waals surface area contributed by atoms with E-state index >= 15 is 0 Å². The average Bonchev–Trinajstić information content (AvgIpc) is 3.28. The van der Waals surface area contributed by atoms with Gasteiger partial charge in [-0.2, -0.15) is 9.61 Å². The molecule has 9 heteroatoms. The van der Waals surface area contributed by atoms with Crippen molar-refractivity contribution < 1.29 is 9.59 Å².